The van der Waals surface area contributed by atoms with Crippen molar-refractivity contribution in [2.24, 2.45) is 11.3 Å². The van der Waals surface area contributed by atoms with Crippen LogP contribution in [0, 0.1) is 11.3 Å². The zero-order valence-corrected chi connectivity index (χ0v) is 15.2. The molecule has 0 unspecified atom stereocenters. The molecule has 1 N–H and O–H groups in total. The number of hydrogen-bond donors (Lipinski definition) is 1. The number of aryl methyl sites for hydroxylation is 1. The maximum absolute atomic E-state index is 12.6. The molecule has 2 saturated heterocycles. The molecule has 2 aliphatic rings. The lowest BCUT2D eigenvalue weighted by molar-refractivity contribution is -0.149. The number of fused-ring (bicyclic) bond motifs is 1. The van der Waals surface area contributed by atoms with Crippen molar-refractivity contribution >= 4 is 11.9 Å². The van der Waals surface area contributed by atoms with Gasteiger partial charge in [0, 0.05) is 45.1 Å². The van der Waals surface area contributed by atoms with Gasteiger partial charge in [-0.15, -0.1) is 6.58 Å². The number of hydrogen-bond acceptors (Lipinski definition) is 4. The Balaban J connectivity index is 1.61. The number of carbonyl (C=O) groups excluding carboxylic acids is 1. The molecular formula is C20H26N2O4. The van der Waals surface area contributed by atoms with Crippen LogP contribution in [0.5, 0.6) is 5.75 Å². The lowest BCUT2D eigenvalue weighted by atomic mass is 9.81. The van der Waals surface area contributed by atoms with Gasteiger partial charge < -0.3 is 14.7 Å². The van der Waals surface area contributed by atoms with Crippen LogP contribution in [-0.4, -0.2) is 66.6 Å². The van der Waals surface area contributed by atoms with E-state index in [1.807, 2.05) is 24.3 Å². The summed E-state index contributed by atoms with van der Waals surface area (Å²) in [5.74, 6) is -0.00575. The molecule has 140 valence electrons. The highest BCUT2D eigenvalue weighted by atomic mass is 16.5. The number of aliphatic carboxylic acids is 1. The van der Waals surface area contributed by atoms with E-state index < -0.39 is 11.4 Å². The van der Waals surface area contributed by atoms with Gasteiger partial charge in [-0.05, 0) is 24.1 Å². The minimum atomic E-state index is -0.839. The summed E-state index contributed by atoms with van der Waals surface area (Å²) in [6.45, 7) is 6.44. The first-order valence-corrected chi connectivity index (χ1v) is 8.96. The third-order valence-electron chi connectivity index (χ3n) is 5.61. The second-order valence-corrected chi connectivity index (χ2v) is 7.27. The highest BCUT2D eigenvalue weighted by molar-refractivity contribution is 5.82. The molecule has 0 aliphatic carbocycles. The highest BCUT2D eigenvalue weighted by Crippen LogP contribution is 2.43. The zero-order chi connectivity index (χ0) is 18.7. The molecule has 0 saturated carbocycles. The predicted molar refractivity (Wildman–Crippen MR) is 98.1 cm³/mol. The minimum absolute atomic E-state index is 0.0132. The van der Waals surface area contributed by atoms with Crippen molar-refractivity contribution in [3.63, 3.8) is 0 Å². The smallest absolute Gasteiger partial charge is 0.313 e. The molecule has 2 fully saturated rings. The van der Waals surface area contributed by atoms with Gasteiger partial charge in [0.05, 0.1) is 7.11 Å². The molecule has 1 amide bonds. The largest absolute Gasteiger partial charge is 0.497 e. The first-order valence-electron chi connectivity index (χ1n) is 8.96. The molecule has 26 heavy (non-hydrogen) atoms. The molecule has 2 atom stereocenters. The number of rotatable bonds is 7. The summed E-state index contributed by atoms with van der Waals surface area (Å²) in [5, 5.41) is 9.82. The van der Waals surface area contributed by atoms with E-state index in [0.29, 0.717) is 45.6 Å². The van der Waals surface area contributed by atoms with E-state index in [-0.39, 0.29) is 11.8 Å². The van der Waals surface area contributed by atoms with Crippen LogP contribution in [0.1, 0.15) is 12.0 Å². The van der Waals surface area contributed by atoms with Crippen LogP contribution in [0.25, 0.3) is 0 Å². The molecule has 3 rings (SSSR count). The van der Waals surface area contributed by atoms with E-state index in [1.165, 1.54) is 0 Å². The van der Waals surface area contributed by atoms with Gasteiger partial charge in [-0.1, -0.05) is 18.2 Å². The van der Waals surface area contributed by atoms with Gasteiger partial charge in [-0.2, -0.15) is 0 Å². The van der Waals surface area contributed by atoms with Gasteiger partial charge in [-0.3, -0.25) is 14.5 Å². The molecule has 0 aromatic heterocycles. The lowest BCUT2D eigenvalue weighted by Crippen LogP contribution is -2.42. The maximum Gasteiger partial charge on any atom is 0.313 e. The van der Waals surface area contributed by atoms with Crippen molar-refractivity contribution in [2.45, 2.75) is 12.8 Å². The summed E-state index contributed by atoms with van der Waals surface area (Å²) in [4.78, 5) is 28.5. The van der Waals surface area contributed by atoms with Crippen molar-refractivity contribution in [1.29, 1.82) is 0 Å². The van der Waals surface area contributed by atoms with Crippen molar-refractivity contribution in [3.05, 3.63) is 42.5 Å². The number of carboxylic acids is 1. The Morgan fingerprint density at radius 2 is 2.19 bits per heavy atom. The summed E-state index contributed by atoms with van der Waals surface area (Å²) >= 11 is 0. The van der Waals surface area contributed by atoms with Crippen LogP contribution in [0.2, 0.25) is 0 Å². The van der Waals surface area contributed by atoms with Crippen LogP contribution in [0.15, 0.2) is 36.9 Å². The molecular weight excluding hydrogens is 332 g/mol. The maximum atomic E-state index is 12.6. The van der Waals surface area contributed by atoms with Crippen molar-refractivity contribution in [3.8, 4) is 5.75 Å². The summed E-state index contributed by atoms with van der Waals surface area (Å²) in [5.41, 5.74) is 0.205. The van der Waals surface area contributed by atoms with Crippen molar-refractivity contribution < 1.29 is 19.4 Å². The molecule has 6 nitrogen and oxygen atoms in total. The Labute approximate surface area is 154 Å². The standard InChI is InChI=1S/C20H26N2O4/c1-3-9-21-11-16-12-22(14-20(16,13-21)19(24)25)18(23)8-7-15-5-4-6-17(10-15)26-2/h3-6,10,16H,1,7-9,11-14H2,2H3,(H,24,25)/t16-,20-/m1/s1. The number of methoxy groups -OCH3 is 1. The first kappa shape index (κ1) is 18.5. The fourth-order valence-electron chi connectivity index (χ4n) is 4.22. The third-order valence-corrected chi connectivity index (χ3v) is 5.61. The number of nitrogens with zero attached hydrogens (tertiary/aromatic N) is 2. The van der Waals surface area contributed by atoms with E-state index in [9.17, 15) is 14.7 Å². The summed E-state index contributed by atoms with van der Waals surface area (Å²) in [7, 11) is 1.62. The molecule has 2 aliphatic heterocycles. The van der Waals surface area contributed by atoms with E-state index in [2.05, 4.69) is 11.5 Å². The monoisotopic (exact) mass is 358 g/mol. The molecule has 6 heteroatoms. The number of benzene rings is 1. The SMILES string of the molecule is C=CCN1C[C@@H]2CN(C(=O)CCc3cccc(OC)c3)C[C@]2(C(=O)O)C1. The minimum Gasteiger partial charge on any atom is -0.497 e. The number of amides is 1. The van der Waals surface area contributed by atoms with E-state index in [4.69, 9.17) is 4.74 Å². The van der Waals surface area contributed by atoms with Crippen LogP contribution in [0.3, 0.4) is 0 Å². The summed E-state index contributed by atoms with van der Waals surface area (Å²) in [6.07, 6.45) is 2.81. The summed E-state index contributed by atoms with van der Waals surface area (Å²) < 4.78 is 5.21. The van der Waals surface area contributed by atoms with E-state index in [0.717, 1.165) is 11.3 Å². The fraction of sp³-hybridized carbons (Fsp3) is 0.500. The molecule has 0 spiro atoms. The average Bonchev–Trinajstić information content (AvgIpc) is 3.15. The van der Waals surface area contributed by atoms with Crippen LogP contribution in [0.4, 0.5) is 0 Å². The van der Waals surface area contributed by atoms with Gasteiger partial charge in [-0.25, -0.2) is 0 Å². The summed E-state index contributed by atoms with van der Waals surface area (Å²) in [6, 6.07) is 7.68. The van der Waals surface area contributed by atoms with E-state index in [1.54, 1.807) is 18.1 Å². The molecule has 2 heterocycles. The Bertz CT molecular complexity index is 705. The van der Waals surface area contributed by atoms with Gasteiger partial charge >= 0.3 is 5.97 Å². The predicted octanol–water partition coefficient (Wildman–Crippen LogP) is 1.66. The quantitative estimate of drug-likeness (QED) is 0.751. The van der Waals surface area contributed by atoms with Gasteiger partial charge in [0.15, 0.2) is 0 Å². The first-order chi connectivity index (χ1) is 12.5. The molecule has 1 aromatic rings. The van der Waals surface area contributed by atoms with E-state index >= 15 is 0 Å². The molecule has 0 radical (unpaired) electrons. The number of likely N-dealkylation sites (tertiary alicyclic amines) is 2. The molecule has 0 bridgehead atoms. The van der Waals surface area contributed by atoms with Gasteiger partial charge in [0.25, 0.3) is 0 Å². The normalized spacial score (nSPS) is 25.1. The van der Waals surface area contributed by atoms with Crippen molar-refractivity contribution in [2.75, 3.05) is 39.8 Å². The highest BCUT2D eigenvalue weighted by Gasteiger charge is 2.58. The Kier molecular flexibility index (Phi) is 5.32. The average molecular weight is 358 g/mol. The zero-order valence-electron chi connectivity index (χ0n) is 15.2. The van der Waals surface area contributed by atoms with Crippen LogP contribution >= 0.6 is 0 Å². The number of ether oxygens (including phenoxy) is 1. The topological polar surface area (TPSA) is 70.1 Å². The molecule has 1 aromatic carbocycles. The number of carboxylic acid groups (broad SMARTS) is 1. The number of carbonyl (C=O) groups is 2. The van der Waals surface area contributed by atoms with Gasteiger partial charge in [0.1, 0.15) is 11.2 Å². The lowest BCUT2D eigenvalue weighted by Gasteiger charge is -2.25. The van der Waals surface area contributed by atoms with Crippen molar-refractivity contribution in [1.82, 2.24) is 9.80 Å². The Hall–Kier alpha value is -2.34. The second-order valence-electron chi connectivity index (χ2n) is 7.27. The second kappa shape index (κ2) is 7.50. The van der Waals surface area contributed by atoms with Crippen LogP contribution < -0.4 is 4.74 Å². The Morgan fingerprint density at radius 1 is 1.38 bits per heavy atom. The Morgan fingerprint density at radius 3 is 2.85 bits per heavy atom. The fourth-order valence-corrected chi connectivity index (χ4v) is 4.22. The van der Waals surface area contributed by atoms with Crippen LogP contribution in [-0.2, 0) is 16.0 Å². The van der Waals surface area contributed by atoms with Gasteiger partial charge in [0.2, 0.25) is 5.91 Å². The third kappa shape index (κ3) is 3.46.